The molecule has 1 fully saturated rings. The highest BCUT2D eigenvalue weighted by atomic mass is 35.5. The number of pyridine rings is 2. The van der Waals surface area contributed by atoms with E-state index in [9.17, 15) is 9.18 Å². The topological polar surface area (TPSA) is 85.0 Å². The molecule has 2 aliphatic heterocycles. The van der Waals surface area contributed by atoms with E-state index in [1.54, 1.807) is 25.3 Å². The van der Waals surface area contributed by atoms with Crippen molar-refractivity contribution in [1.82, 2.24) is 25.1 Å². The van der Waals surface area contributed by atoms with Gasteiger partial charge in [0.05, 0.1) is 33.3 Å². The number of halogens is 2. The van der Waals surface area contributed by atoms with Crippen molar-refractivity contribution in [1.29, 1.82) is 0 Å². The van der Waals surface area contributed by atoms with Gasteiger partial charge >= 0.3 is 0 Å². The van der Waals surface area contributed by atoms with E-state index in [4.69, 9.17) is 21.0 Å². The van der Waals surface area contributed by atoms with Crippen molar-refractivity contribution >= 4 is 38.9 Å². The Kier molecular flexibility index (Phi) is 5.52. The second kappa shape index (κ2) is 8.96. The second-order valence-electron chi connectivity index (χ2n) is 9.61. The lowest BCUT2D eigenvalue weighted by Crippen LogP contribution is -2.22. The summed E-state index contributed by atoms with van der Waals surface area (Å²) in [5.74, 6) is 0.454. The van der Waals surface area contributed by atoms with Crippen LogP contribution in [0.3, 0.4) is 0 Å². The number of benzene rings is 1. The number of aromatic nitrogens is 4. The lowest BCUT2D eigenvalue weighted by molar-refractivity contribution is 0.0776. The van der Waals surface area contributed by atoms with Crippen LogP contribution < -0.4 is 0 Å². The number of nitrogens with zero attached hydrogens (tertiary/aromatic N) is 5. The number of hydrogen-bond acceptors (Lipinski definition) is 7. The minimum absolute atomic E-state index is 0.0192. The van der Waals surface area contributed by atoms with Crippen LogP contribution in [0.25, 0.3) is 32.0 Å². The van der Waals surface area contributed by atoms with Crippen molar-refractivity contribution in [3.05, 3.63) is 82.0 Å². The van der Waals surface area contributed by atoms with Crippen LogP contribution in [0.2, 0.25) is 5.15 Å². The third-order valence-electron chi connectivity index (χ3n) is 7.28. The maximum atomic E-state index is 13.8. The molecule has 6 heterocycles. The molecule has 4 aromatic heterocycles. The summed E-state index contributed by atoms with van der Waals surface area (Å²) in [7, 11) is 0. The van der Waals surface area contributed by atoms with Gasteiger partial charge in [-0.3, -0.25) is 9.78 Å². The van der Waals surface area contributed by atoms with Gasteiger partial charge in [-0.2, -0.15) is 0 Å². The molecule has 0 N–H and O–H groups in total. The molecule has 7 rings (SSSR count). The number of amides is 1. The van der Waals surface area contributed by atoms with Gasteiger partial charge in [0.15, 0.2) is 0 Å². The van der Waals surface area contributed by atoms with Crippen LogP contribution in [0.4, 0.5) is 4.39 Å². The van der Waals surface area contributed by atoms with Gasteiger partial charge in [-0.05, 0) is 60.9 Å². The number of hydrogen-bond donors (Lipinski definition) is 0. The monoisotopic (exact) mass is 545 g/mol. The van der Waals surface area contributed by atoms with E-state index in [1.807, 2.05) is 17.0 Å². The summed E-state index contributed by atoms with van der Waals surface area (Å²) in [4.78, 5) is 26.0. The predicted octanol–water partition coefficient (Wildman–Crippen LogP) is 6.59. The van der Waals surface area contributed by atoms with Gasteiger partial charge in [0.1, 0.15) is 11.0 Å². The van der Waals surface area contributed by atoms with E-state index >= 15 is 0 Å². The van der Waals surface area contributed by atoms with E-state index in [2.05, 4.69) is 15.2 Å². The van der Waals surface area contributed by atoms with Crippen molar-refractivity contribution in [2.75, 3.05) is 6.54 Å². The SMILES string of the molecule is Cc1nnc(-c2c(CCc3ccc(F)cc3)nc3c(c2-c2cc4ccnc(Cl)c4s2)C(=O)N2CCCC32)o1. The summed E-state index contributed by atoms with van der Waals surface area (Å²) in [5.41, 5.74) is 4.58. The van der Waals surface area contributed by atoms with Crippen LogP contribution in [0.1, 0.15) is 52.1 Å². The third kappa shape index (κ3) is 3.72. The fourth-order valence-electron chi connectivity index (χ4n) is 5.57. The predicted molar refractivity (Wildman–Crippen MR) is 143 cm³/mol. The molecule has 1 unspecified atom stereocenters. The minimum atomic E-state index is -0.272. The van der Waals surface area contributed by atoms with E-state index in [0.29, 0.717) is 47.4 Å². The summed E-state index contributed by atoms with van der Waals surface area (Å²) in [5, 5.41) is 9.81. The van der Waals surface area contributed by atoms with E-state index in [1.165, 1.54) is 23.5 Å². The molecule has 38 heavy (non-hydrogen) atoms. The summed E-state index contributed by atoms with van der Waals surface area (Å²) in [6.07, 6.45) is 4.69. The number of aryl methyl sites for hydroxylation is 3. The standard InChI is InChI=1S/C28H21ClFN5O2S/c1-14-33-34-27(37-14)21-18(9-6-15-4-7-17(30)8-5-15)32-24-19-3-2-12-35(19)28(36)23(24)22(21)20-13-16-10-11-31-26(29)25(16)38-20/h4-5,7-8,10-11,13,19H,2-3,6,9,12H2,1H3. The van der Waals surface area contributed by atoms with E-state index in [-0.39, 0.29) is 17.8 Å². The third-order valence-corrected chi connectivity index (χ3v) is 8.86. The molecule has 1 saturated heterocycles. The Bertz CT molecular complexity index is 1730. The van der Waals surface area contributed by atoms with Crippen LogP contribution in [0.5, 0.6) is 0 Å². The van der Waals surface area contributed by atoms with Gasteiger partial charge in [0.2, 0.25) is 11.8 Å². The van der Waals surface area contributed by atoms with E-state index in [0.717, 1.165) is 50.3 Å². The number of thiophene rings is 1. The molecule has 5 aromatic rings. The first-order valence-corrected chi connectivity index (χ1v) is 13.6. The maximum Gasteiger partial charge on any atom is 0.257 e. The molecular weight excluding hydrogens is 525 g/mol. The zero-order chi connectivity index (χ0) is 26.0. The Labute approximate surface area is 226 Å². The highest BCUT2D eigenvalue weighted by molar-refractivity contribution is 7.22. The first-order valence-electron chi connectivity index (χ1n) is 12.4. The van der Waals surface area contributed by atoms with Gasteiger partial charge in [-0.1, -0.05) is 23.7 Å². The van der Waals surface area contributed by atoms with Crippen LogP contribution in [0, 0.1) is 12.7 Å². The molecule has 0 spiro atoms. The van der Waals surface area contributed by atoms with Gasteiger partial charge in [-0.15, -0.1) is 21.5 Å². The molecule has 1 atom stereocenters. The van der Waals surface area contributed by atoms with Crippen molar-refractivity contribution < 1.29 is 13.6 Å². The van der Waals surface area contributed by atoms with Gasteiger partial charge < -0.3 is 9.32 Å². The molecule has 2 aliphatic rings. The van der Waals surface area contributed by atoms with Crippen LogP contribution in [0.15, 0.2) is 47.0 Å². The maximum absolute atomic E-state index is 13.8. The van der Waals surface area contributed by atoms with Crippen molar-refractivity contribution in [3.8, 4) is 21.9 Å². The molecule has 0 radical (unpaired) electrons. The minimum Gasteiger partial charge on any atom is -0.421 e. The summed E-state index contributed by atoms with van der Waals surface area (Å²) in [6.45, 7) is 2.45. The van der Waals surface area contributed by atoms with Crippen molar-refractivity contribution in [2.45, 2.75) is 38.6 Å². The fourth-order valence-corrected chi connectivity index (χ4v) is 6.95. The first kappa shape index (κ1) is 23.4. The molecule has 1 amide bonds. The Morgan fingerprint density at radius 1 is 1.13 bits per heavy atom. The largest absolute Gasteiger partial charge is 0.421 e. The van der Waals surface area contributed by atoms with Crippen LogP contribution in [-0.4, -0.2) is 37.5 Å². The molecule has 0 saturated carbocycles. The lowest BCUT2D eigenvalue weighted by atomic mass is 9.93. The summed E-state index contributed by atoms with van der Waals surface area (Å²) < 4.78 is 20.3. The van der Waals surface area contributed by atoms with E-state index < -0.39 is 0 Å². The summed E-state index contributed by atoms with van der Waals surface area (Å²) in [6, 6.07) is 10.4. The Balaban J connectivity index is 1.49. The molecule has 10 heteroatoms. The van der Waals surface area contributed by atoms with Crippen LogP contribution in [-0.2, 0) is 12.8 Å². The van der Waals surface area contributed by atoms with Gasteiger partial charge in [0, 0.05) is 30.1 Å². The highest BCUT2D eigenvalue weighted by Gasteiger charge is 2.44. The quantitative estimate of drug-likeness (QED) is 0.232. The number of carbonyl (C=O) groups excluding carboxylic acids is 1. The zero-order valence-electron chi connectivity index (χ0n) is 20.4. The Hall–Kier alpha value is -3.69. The Morgan fingerprint density at radius 2 is 1.97 bits per heavy atom. The Morgan fingerprint density at radius 3 is 2.74 bits per heavy atom. The number of carbonyl (C=O) groups is 1. The molecule has 0 aliphatic carbocycles. The van der Waals surface area contributed by atoms with Gasteiger partial charge in [-0.25, -0.2) is 9.37 Å². The number of rotatable bonds is 5. The van der Waals surface area contributed by atoms with Gasteiger partial charge in [0.25, 0.3) is 5.91 Å². The number of fused-ring (bicyclic) bond motifs is 4. The van der Waals surface area contributed by atoms with Crippen LogP contribution >= 0.6 is 22.9 Å². The average molecular weight is 546 g/mol. The van der Waals surface area contributed by atoms with Crippen molar-refractivity contribution in [2.24, 2.45) is 0 Å². The molecule has 190 valence electrons. The molecule has 1 aromatic carbocycles. The molecule has 7 nitrogen and oxygen atoms in total. The van der Waals surface area contributed by atoms with Crippen molar-refractivity contribution in [3.63, 3.8) is 0 Å². The average Bonchev–Trinajstić information content (AvgIpc) is 3.69. The molecule has 0 bridgehead atoms. The smallest absolute Gasteiger partial charge is 0.257 e. The normalized spacial score (nSPS) is 16.4. The first-order chi connectivity index (χ1) is 18.5. The highest BCUT2D eigenvalue weighted by Crippen LogP contribution is 2.50. The summed E-state index contributed by atoms with van der Waals surface area (Å²) >= 11 is 7.94. The molecular formula is C28H21ClFN5O2S. The second-order valence-corrected chi connectivity index (χ2v) is 11.0. The zero-order valence-corrected chi connectivity index (χ0v) is 21.9. The lowest BCUT2D eigenvalue weighted by Gasteiger charge is -2.16. The fraction of sp³-hybridized carbons (Fsp3) is 0.250.